The number of benzene rings is 1. The molecule has 1 heterocycles. The van der Waals surface area contributed by atoms with Crippen LogP contribution in [0.5, 0.6) is 5.75 Å². The quantitative estimate of drug-likeness (QED) is 0.941. The SMILES string of the molecule is Cn1ncc(Br)c1C(N)COc1ccccc1. The van der Waals surface area contributed by atoms with Gasteiger partial charge in [0.15, 0.2) is 0 Å². The van der Waals surface area contributed by atoms with Crippen molar-refractivity contribution in [2.45, 2.75) is 6.04 Å². The molecule has 0 fully saturated rings. The second-order valence-corrected chi connectivity index (χ2v) is 4.59. The van der Waals surface area contributed by atoms with E-state index in [1.165, 1.54) is 0 Å². The summed E-state index contributed by atoms with van der Waals surface area (Å²) in [4.78, 5) is 0. The van der Waals surface area contributed by atoms with Gasteiger partial charge in [0.1, 0.15) is 12.4 Å². The molecule has 0 spiro atoms. The average molecular weight is 296 g/mol. The van der Waals surface area contributed by atoms with Crippen LogP contribution in [0.25, 0.3) is 0 Å². The maximum atomic E-state index is 6.07. The number of nitrogens with zero attached hydrogens (tertiary/aromatic N) is 2. The van der Waals surface area contributed by atoms with Gasteiger partial charge in [-0.2, -0.15) is 5.10 Å². The van der Waals surface area contributed by atoms with E-state index < -0.39 is 0 Å². The number of rotatable bonds is 4. The van der Waals surface area contributed by atoms with Crippen molar-refractivity contribution in [1.29, 1.82) is 0 Å². The lowest BCUT2D eigenvalue weighted by Gasteiger charge is -2.14. The topological polar surface area (TPSA) is 53.1 Å². The van der Waals surface area contributed by atoms with Crippen LogP contribution in [-0.4, -0.2) is 16.4 Å². The molecule has 0 aliphatic rings. The molecular formula is C12H14BrN3O. The molecule has 1 atom stereocenters. The van der Waals surface area contributed by atoms with E-state index >= 15 is 0 Å². The lowest BCUT2D eigenvalue weighted by molar-refractivity contribution is 0.285. The summed E-state index contributed by atoms with van der Waals surface area (Å²) in [6, 6.07) is 9.42. The van der Waals surface area contributed by atoms with Crippen LogP contribution in [-0.2, 0) is 7.05 Å². The van der Waals surface area contributed by atoms with Gasteiger partial charge >= 0.3 is 0 Å². The summed E-state index contributed by atoms with van der Waals surface area (Å²) < 4.78 is 8.27. The zero-order valence-corrected chi connectivity index (χ0v) is 11.1. The Morgan fingerprint density at radius 3 is 2.71 bits per heavy atom. The number of halogens is 1. The van der Waals surface area contributed by atoms with Gasteiger partial charge in [0.25, 0.3) is 0 Å². The van der Waals surface area contributed by atoms with Crippen LogP contribution in [0.15, 0.2) is 41.0 Å². The molecule has 2 rings (SSSR count). The molecule has 17 heavy (non-hydrogen) atoms. The highest BCUT2D eigenvalue weighted by molar-refractivity contribution is 9.10. The van der Waals surface area contributed by atoms with Crippen molar-refractivity contribution < 1.29 is 4.74 Å². The minimum absolute atomic E-state index is 0.211. The van der Waals surface area contributed by atoms with E-state index in [1.807, 2.05) is 37.4 Å². The number of hydrogen-bond donors (Lipinski definition) is 1. The van der Waals surface area contributed by atoms with Crippen molar-refractivity contribution in [1.82, 2.24) is 9.78 Å². The van der Waals surface area contributed by atoms with Gasteiger partial charge in [-0.05, 0) is 28.1 Å². The fraction of sp³-hybridized carbons (Fsp3) is 0.250. The molecule has 0 aliphatic carbocycles. The second kappa shape index (κ2) is 5.33. The van der Waals surface area contributed by atoms with Gasteiger partial charge in [-0.1, -0.05) is 18.2 Å². The zero-order valence-electron chi connectivity index (χ0n) is 9.51. The molecule has 1 aromatic heterocycles. The van der Waals surface area contributed by atoms with Crippen LogP contribution in [0.3, 0.4) is 0 Å². The zero-order chi connectivity index (χ0) is 12.3. The molecule has 5 heteroatoms. The third-order valence-electron chi connectivity index (χ3n) is 2.46. The Bertz CT molecular complexity index is 464. The van der Waals surface area contributed by atoms with E-state index in [0.29, 0.717) is 6.61 Å². The normalized spacial score (nSPS) is 12.4. The third kappa shape index (κ3) is 2.87. The Labute approximate surface area is 109 Å². The van der Waals surface area contributed by atoms with Gasteiger partial charge in [-0.15, -0.1) is 0 Å². The molecule has 0 bridgehead atoms. The standard InChI is InChI=1S/C12H14BrN3O/c1-16-12(10(13)7-15-16)11(14)8-17-9-5-3-2-4-6-9/h2-7,11H,8,14H2,1H3. The van der Waals surface area contributed by atoms with Crippen molar-refractivity contribution in [3.63, 3.8) is 0 Å². The smallest absolute Gasteiger partial charge is 0.119 e. The predicted molar refractivity (Wildman–Crippen MR) is 69.8 cm³/mol. The van der Waals surface area contributed by atoms with Crippen LogP contribution >= 0.6 is 15.9 Å². The van der Waals surface area contributed by atoms with Crippen molar-refractivity contribution in [2.75, 3.05) is 6.61 Å². The van der Waals surface area contributed by atoms with Crippen molar-refractivity contribution >= 4 is 15.9 Å². The van der Waals surface area contributed by atoms with E-state index in [4.69, 9.17) is 10.5 Å². The summed E-state index contributed by atoms with van der Waals surface area (Å²) in [6.07, 6.45) is 1.73. The van der Waals surface area contributed by atoms with E-state index in [-0.39, 0.29) is 6.04 Å². The van der Waals surface area contributed by atoms with Crippen LogP contribution in [0.2, 0.25) is 0 Å². The van der Waals surface area contributed by atoms with E-state index in [1.54, 1.807) is 10.9 Å². The van der Waals surface area contributed by atoms with Gasteiger partial charge in [-0.25, -0.2) is 0 Å². The number of nitrogens with two attached hydrogens (primary N) is 1. The molecule has 0 radical (unpaired) electrons. The Morgan fingerprint density at radius 2 is 2.12 bits per heavy atom. The number of para-hydroxylation sites is 1. The Kier molecular flexibility index (Phi) is 3.81. The molecule has 0 saturated heterocycles. The molecule has 1 aromatic carbocycles. The summed E-state index contributed by atoms with van der Waals surface area (Å²) in [5.41, 5.74) is 7.00. The maximum Gasteiger partial charge on any atom is 0.119 e. The highest BCUT2D eigenvalue weighted by Gasteiger charge is 2.15. The molecule has 0 amide bonds. The second-order valence-electron chi connectivity index (χ2n) is 3.73. The first-order valence-corrected chi connectivity index (χ1v) is 6.08. The van der Waals surface area contributed by atoms with Crippen LogP contribution in [0, 0.1) is 0 Å². The molecule has 1 unspecified atom stereocenters. The number of hydrogen-bond acceptors (Lipinski definition) is 3. The number of aryl methyl sites for hydroxylation is 1. The van der Waals surface area contributed by atoms with Crippen LogP contribution in [0.1, 0.15) is 11.7 Å². The van der Waals surface area contributed by atoms with Gasteiger partial charge in [0.2, 0.25) is 0 Å². The molecule has 0 aliphatic heterocycles. The first-order chi connectivity index (χ1) is 8.18. The van der Waals surface area contributed by atoms with Gasteiger partial charge in [0.05, 0.1) is 22.4 Å². The summed E-state index contributed by atoms with van der Waals surface area (Å²) in [5, 5.41) is 4.13. The maximum absolute atomic E-state index is 6.07. The lowest BCUT2D eigenvalue weighted by atomic mass is 10.2. The molecule has 2 N–H and O–H groups in total. The van der Waals surface area contributed by atoms with Crippen molar-refractivity contribution in [3.8, 4) is 5.75 Å². The van der Waals surface area contributed by atoms with Crippen LogP contribution in [0.4, 0.5) is 0 Å². The number of aromatic nitrogens is 2. The predicted octanol–water partition coefficient (Wildman–Crippen LogP) is 2.26. The van der Waals surface area contributed by atoms with Crippen molar-refractivity contribution in [2.24, 2.45) is 12.8 Å². The van der Waals surface area contributed by atoms with Crippen molar-refractivity contribution in [3.05, 3.63) is 46.7 Å². The number of ether oxygens (including phenoxy) is 1. The monoisotopic (exact) mass is 295 g/mol. The van der Waals surface area contributed by atoms with Gasteiger partial charge in [-0.3, -0.25) is 4.68 Å². The fourth-order valence-electron chi connectivity index (χ4n) is 1.62. The summed E-state index contributed by atoms with van der Waals surface area (Å²) in [6.45, 7) is 0.419. The van der Waals surface area contributed by atoms with E-state index in [2.05, 4.69) is 21.0 Å². The van der Waals surface area contributed by atoms with E-state index in [9.17, 15) is 0 Å². The highest BCUT2D eigenvalue weighted by Crippen LogP contribution is 2.21. The lowest BCUT2D eigenvalue weighted by Crippen LogP contribution is -2.22. The average Bonchev–Trinajstić information content (AvgIpc) is 2.67. The first-order valence-electron chi connectivity index (χ1n) is 5.29. The van der Waals surface area contributed by atoms with Gasteiger partial charge < -0.3 is 10.5 Å². The summed E-state index contributed by atoms with van der Waals surface area (Å²) >= 11 is 3.43. The first kappa shape index (κ1) is 12.1. The largest absolute Gasteiger partial charge is 0.492 e. The third-order valence-corrected chi connectivity index (χ3v) is 3.07. The van der Waals surface area contributed by atoms with Crippen LogP contribution < -0.4 is 10.5 Å². The Hall–Kier alpha value is -1.33. The summed E-state index contributed by atoms with van der Waals surface area (Å²) in [5.74, 6) is 0.821. The Morgan fingerprint density at radius 1 is 1.41 bits per heavy atom. The molecule has 2 aromatic rings. The minimum Gasteiger partial charge on any atom is -0.492 e. The molecule has 4 nitrogen and oxygen atoms in total. The minimum atomic E-state index is -0.211. The fourth-order valence-corrected chi connectivity index (χ4v) is 2.26. The Balaban J connectivity index is 2.01. The van der Waals surface area contributed by atoms with Gasteiger partial charge in [0, 0.05) is 7.05 Å². The molecule has 0 saturated carbocycles. The summed E-state index contributed by atoms with van der Waals surface area (Å²) in [7, 11) is 1.86. The molecular weight excluding hydrogens is 282 g/mol. The highest BCUT2D eigenvalue weighted by atomic mass is 79.9. The van der Waals surface area contributed by atoms with E-state index in [0.717, 1.165) is 15.9 Å². The molecule has 90 valence electrons.